The van der Waals surface area contributed by atoms with Crippen molar-refractivity contribution in [3.05, 3.63) is 87.9 Å². The van der Waals surface area contributed by atoms with Crippen LogP contribution in [-0.2, 0) is 22.7 Å². The highest BCUT2D eigenvalue weighted by Gasteiger charge is 2.26. The number of carbonyl (C=O) groups is 2. The molecule has 3 aromatic rings. The van der Waals surface area contributed by atoms with Gasteiger partial charge in [0, 0.05) is 6.92 Å². The van der Waals surface area contributed by atoms with Crippen molar-refractivity contribution in [1.29, 1.82) is 0 Å². The van der Waals surface area contributed by atoms with Crippen LogP contribution in [0.1, 0.15) is 28.4 Å². The van der Waals surface area contributed by atoms with Gasteiger partial charge in [-0.05, 0) is 33.1 Å². The number of ether oxygens (including phenoxy) is 4. The van der Waals surface area contributed by atoms with Gasteiger partial charge in [0.15, 0.2) is 11.5 Å². The summed E-state index contributed by atoms with van der Waals surface area (Å²) in [6.07, 6.45) is 0. The van der Waals surface area contributed by atoms with Crippen LogP contribution in [-0.4, -0.2) is 19.0 Å². The van der Waals surface area contributed by atoms with Crippen molar-refractivity contribution >= 4 is 27.9 Å². The van der Waals surface area contributed by atoms with E-state index in [1.807, 2.05) is 60.7 Å². The van der Waals surface area contributed by atoms with E-state index in [0.29, 0.717) is 0 Å². The zero-order valence-electron chi connectivity index (χ0n) is 17.1. The molecule has 0 aliphatic carbocycles. The minimum Gasteiger partial charge on any atom is -0.485 e. The molecule has 3 aromatic carbocycles. The molecule has 160 valence electrons. The van der Waals surface area contributed by atoms with E-state index in [0.717, 1.165) is 11.1 Å². The molecule has 0 aliphatic rings. The van der Waals surface area contributed by atoms with E-state index in [2.05, 4.69) is 15.9 Å². The topological polar surface area (TPSA) is 71.1 Å². The molecule has 0 amide bonds. The van der Waals surface area contributed by atoms with E-state index in [4.69, 9.17) is 18.9 Å². The summed E-state index contributed by atoms with van der Waals surface area (Å²) in [5, 5.41) is 0. The number of rotatable bonds is 8. The highest BCUT2D eigenvalue weighted by molar-refractivity contribution is 9.10. The molecule has 0 heterocycles. The third-order valence-corrected chi connectivity index (χ3v) is 5.04. The molecule has 0 saturated heterocycles. The fraction of sp³-hybridized carbons (Fsp3) is 0.167. The Hall–Kier alpha value is -3.32. The van der Waals surface area contributed by atoms with Crippen molar-refractivity contribution in [3.63, 3.8) is 0 Å². The summed E-state index contributed by atoms with van der Waals surface area (Å²) >= 11 is 3.34. The Morgan fingerprint density at radius 3 is 1.90 bits per heavy atom. The molecule has 0 atom stereocenters. The van der Waals surface area contributed by atoms with Gasteiger partial charge in [0.25, 0.3) is 0 Å². The monoisotopic (exact) mass is 484 g/mol. The van der Waals surface area contributed by atoms with Gasteiger partial charge in [0.2, 0.25) is 5.75 Å². The average Bonchev–Trinajstić information content (AvgIpc) is 2.79. The van der Waals surface area contributed by atoms with E-state index >= 15 is 0 Å². The largest absolute Gasteiger partial charge is 0.485 e. The summed E-state index contributed by atoms with van der Waals surface area (Å²) in [5.41, 5.74) is 1.99. The van der Waals surface area contributed by atoms with Crippen LogP contribution in [0.25, 0.3) is 0 Å². The second-order valence-corrected chi connectivity index (χ2v) is 7.32. The molecule has 0 N–H and O–H groups in total. The van der Waals surface area contributed by atoms with Crippen molar-refractivity contribution in [2.45, 2.75) is 20.1 Å². The molecular weight excluding hydrogens is 464 g/mol. The maximum atomic E-state index is 12.3. The second-order valence-electron chi connectivity index (χ2n) is 6.53. The van der Waals surface area contributed by atoms with Crippen molar-refractivity contribution in [1.82, 2.24) is 0 Å². The number of esters is 2. The molecule has 0 saturated carbocycles. The summed E-state index contributed by atoms with van der Waals surface area (Å²) in [7, 11) is 1.27. The number of halogens is 1. The predicted octanol–water partition coefficient (Wildman–Crippen LogP) is 5.32. The Bertz CT molecular complexity index is 1050. The van der Waals surface area contributed by atoms with Crippen molar-refractivity contribution in [3.8, 4) is 17.2 Å². The number of carbonyl (C=O) groups excluding carboxylic acids is 2. The third kappa shape index (κ3) is 5.86. The third-order valence-electron chi connectivity index (χ3n) is 4.26. The molecule has 0 bridgehead atoms. The lowest BCUT2D eigenvalue weighted by atomic mass is 10.1. The van der Waals surface area contributed by atoms with E-state index < -0.39 is 11.9 Å². The Balaban J connectivity index is 2.04. The van der Waals surface area contributed by atoms with Crippen LogP contribution in [0.3, 0.4) is 0 Å². The van der Waals surface area contributed by atoms with Crippen molar-refractivity contribution < 1.29 is 28.5 Å². The minimum absolute atomic E-state index is 0.0504. The van der Waals surface area contributed by atoms with Gasteiger partial charge in [-0.2, -0.15) is 0 Å². The standard InChI is InChI=1S/C24H21BrO6/c1-16(26)31-23-21(25)19(24(27)28-2)13-20(29-14-17-9-5-3-6-10-17)22(23)30-15-18-11-7-4-8-12-18/h3-13H,14-15H2,1-2H3. The SMILES string of the molecule is COC(=O)c1cc(OCc2ccccc2)c(OCc2ccccc2)c(OC(C)=O)c1Br. The van der Waals surface area contributed by atoms with Crippen LogP contribution in [0.15, 0.2) is 71.2 Å². The zero-order chi connectivity index (χ0) is 22.2. The van der Waals surface area contributed by atoms with E-state index in [1.54, 1.807) is 0 Å². The summed E-state index contributed by atoms with van der Waals surface area (Å²) in [5.74, 6) is -0.677. The molecular formula is C24H21BrO6. The van der Waals surface area contributed by atoms with Crippen LogP contribution >= 0.6 is 15.9 Å². The first-order valence-corrected chi connectivity index (χ1v) is 10.3. The number of hydrogen-bond acceptors (Lipinski definition) is 6. The van der Waals surface area contributed by atoms with Crippen LogP contribution < -0.4 is 14.2 Å². The van der Waals surface area contributed by atoms with E-state index in [9.17, 15) is 9.59 Å². The van der Waals surface area contributed by atoms with Gasteiger partial charge in [-0.3, -0.25) is 4.79 Å². The Kier molecular flexibility index (Phi) is 7.67. The molecule has 0 fully saturated rings. The van der Waals surface area contributed by atoms with E-state index in [1.165, 1.54) is 20.1 Å². The fourth-order valence-corrected chi connectivity index (χ4v) is 3.33. The highest BCUT2D eigenvalue weighted by Crippen LogP contribution is 2.46. The molecule has 31 heavy (non-hydrogen) atoms. The van der Waals surface area contributed by atoms with Gasteiger partial charge < -0.3 is 18.9 Å². The Labute approximate surface area is 188 Å². The van der Waals surface area contributed by atoms with Gasteiger partial charge >= 0.3 is 11.9 Å². The first-order valence-electron chi connectivity index (χ1n) is 9.46. The molecule has 3 rings (SSSR count). The van der Waals surface area contributed by atoms with Crippen LogP contribution in [0.5, 0.6) is 17.2 Å². The molecule has 0 aliphatic heterocycles. The maximum Gasteiger partial charge on any atom is 0.339 e. The van der Waals surface area contributed by atoms with Gasteiger partial charge in [-0.25, -0.2) is 4.79 Å². The van der Waals surface area contributed by atoms with Gasteiger partial charge in [-0.1, -0.05) is 60.7 Å². The summed E-state index contributed by atoms with van der Waals surface area (Å²) in [4.78, 5) is 24.1. The number of methoxy groups -OCH3 is 1. The first-order chi connectivity index (χ1) is 15.0. The summed E-state index contributed by atoms with van der Waals surface area (Å²) in [6, 6.07) is 20.6. The second kappa shape index (κ2) is 10.6. The normalized spacial score (nSPS) is 10.3. The molecule has 0 unspecified atom stereocenters. The van der Waals surface area contributed by atoms with Crippen LogP contribution in [0, 0.1) is 0 Å². The van der Waals surface area contributed by atoms with Gasteiger partial charge in [-0.15, -0.1) is 0 Å². The summed E-state index contributed by atoms with van der Waals surface area (Å²) < 4.78 is 22.5. The Morgan fingerprint density at radius 1 is 0.839 bits per heavy atom. The lowest BCUT2D eigenvalue weighted by molar-refractivity contribution is -0.132. The molecule has 7 heteroatoms. The predicted molar refractivity (Wildman–Crippen MR) is 118 cm³/mol. The Morgan fingerprint density at radius 2 is 1.39 bits per heavy atom. The molecule has 0 aromatic heterocycles. The zero-order valence-corrected chi connectivity index (χ0v) is 18.7. The molecule has 0 radical (unpaired) electrons. The molecule has 6 nitrogen and oxygen atoms in total. The van der Waals surface area contributed by atoms with E-state index in [-0.39, 0.29) is 40.5 Å². The van der Waals surface area contributed by atoms with Crippen molar-refractivity contribution in [2.75, 3.05) is 7.11 Å². The summed E-state index contributed by atoms with van der Waals surface area (Å²) in [6.45, 7) is 1.70. The minimum atomic E-state index is -0.612. The lowest BCUT2D eigenvalue weighted by Crippen LogP contribution is -2.11. The van der Waals surface area contributed by atoms with Gasteiger partial charge in [0.1, 0.15) is 13.2 Å². The van der Waals surface area contributed by atoms with Gasteiger partial charge in [0.05, 0.1) is 17.1 Å². The smallest absolute Gasteiger partial charge is 0.339 e. The first kappa shape index (κ1) is 22.4. The molecule has 0 spiro atoms. The number of benzene rings is 3. The highest BCUT2D eigenvalue weighted by atomic mass is 79.9. The lowest BCUT2D eigenvalue weighted by Gasteiger charge is -2.19. The number of hydrogen-bond donors (Lipinski definition) is 0. The average molecular weight is 485 g/mol. The van der Waals surface area contributed by atoms with Crippen LogP contribution in [0.2, 0.25) is 0 Å². The fourth-order valence-electron chi connectivity index (χ4n) is 2.80. The van der Waals surface area contributed by atoms with Crippen LogP contribution in [0.4, 0.5) is 0 Å². The quantitative estimate of drug-likeness (QED) is 0.318. The maximum absolute atomic E-state index is 12.3. The van der Waals surface area contributed by atoms with Crippen molar-refractivity contribution in [2.24, 2.45) is 0 Å².